The zero-order chi connectivity index (χ0) is 13.1. The molecule has 0 aliphatic carbocycles. The Kier molecular flexibility index (Phi) is 3.69. The van der Waals surface area contributed by atoms with Gasteiger partial charge in [0, 0.05) is 15.6 Å². The Morgan fingerprint density at radius 3 is 2.39 bits per heavy atom. The van der Waals surface area contributed by atoms with Crippen LogP contribution in [0.2, 0.25) is 10.0 Å². The molecule has 0 bridgehead atoms. The van der Waals surface area contributed by atoms with Crippen LogP contribution in [0.4, 0.5) is 11.5 Å². The first-order valence-corrected chi connectivity index (χ1v) is 5.79. The number of halogens is 2. The van der Waals surface area contributed by atoms with Crippen LogP contribution in [0.1, 0.15) is 10.4 Å². The molecule has 1 amide bonds. The van der Waals surface area contributed by atoms with E-state index in [1.54, 1.807) is 18.2 Å². The fourth-order valence-corrected chi connectivity index (χ4v) is 1.88. The Bertz CT molecular complexity index is 564. The summed E-state index contributed by atoms with van der Waals surface area (Å²) in [6.45, 7) is 0. The lowest BCUT2D eigenvalue weighted by Gasteiger charge is -2.05. The summed E-state index contributed by atoms with van der Waals surface area (Å²) in [5.41, 5.74) is 6.39. The molecule has 2 rings (SSSR count). The van der Waals surface area contributed by atoms with Gasteiger partial charge in [0.1, 0.15) is 5.82 Å². The van der Waals surface area contributed by atoms with Crippen LogP contribution < -0.4 is 11.1 Å². The van der Waals surface area contributed by atoms with Gasteiger partial charge in [-0.2, -0.15) is 0 Å². The van der Waals surface area contributed by atoms with Crippen molar-refractivity contribution in [3.05, 3.63) is 52.1 Å². The lowest BCUT2D eigenvalue weighted by atomic mass is 10.2. The third-order valence-corrected chi connectivity index (χ3v) is 2.59. The summed E-state index contributed by atoms with van der Waals surface area (Å²) < 4.78 is 0. The third-order valence-electron chi connectivity index (χ3n) is 2.15. The molecule has 1 aromatic carbocycles. The summed E-state index contributed by atoms with van der Waals surface area (Å²) in [4.78, 5) is 15.9. The Balaban J connectivity index is 2.19. The predicted molar refractivity (Wildman–Crippen MR) is 73.1 cm³/mol. The minimum atomic E-state index is -0.336. The van der Waals surface area contributed by atoms with Gasteiger partial charge in [-0.3, -0.25) is 4.79 Å². The van der Waals surface area contributed by atoms with Crippen molar-refractivity contribution < 1.29 is 4.79 Å². The quantitative estimate of drug-likeness (QED) is 0.888. The number of hydrogen-bond acceptors (Lipinski definition) is 3. The second kappa shape index (κ2) is 5.25. The van der Waals surface area contributed by atoms with Crippen LogP contribution >= 0.6 is 23.2 Å². The average molecular weight is 282 g/mol. The van der Waals surface area contributed by atoms with Crippen LogP contribution in [0.5, 0.6) is 0 Å². The van der Waals surface area contributed by atoms with Crippen LogP contribution in [-0.4, -0.2) is 10.9 Å². The summed E-state index contributed by atoms with van der Waals surface area (Å²) in [6, 6.07) is 7.87. The number of nitrogens with two attached hydrogens (primary N) is 1. The van der Waals surface area contributed by atoms with Gasteiger partial charge in [0.15, 0.2) is 0 Å². The first kappa shape index (κ1) is 12.7. The molecule has 18 heavy (non-hydrogen) atoms. The number of anilines is 2. The molecule has 0 atom stereocenters. The standard InChI is InChI=1S/C12H9Cl2N3O/c13-8-3-7(4-9(14)5-8)12(18)17-11-2-1-10(15)6-16-11/h1-6H,15H2,(H,16,17,18). The molecule has 0 radical (unpaired) electrons. The summed E-state index contributed by atoms with van der Waals surface area (Å²) in [5.74, 6) is 0.0713. The summed E-state index contributed by atoms with van der Waals surface area (Å²) in [5, 5.41) is 3.42. The SMILES string of the molecule is Nc1ccc(NC(=O)c2cc(Cl)cc(Cl)c2)nc1. The molecular weight excluding hydrogens is 273 g/mol. The van der Waals surface area contributed by atoms with E-state index >= 15 is 0 Å². The molecule has 0 spiro atoms. The first-order valence-electron chi connectivity index (χ1n) is 5.03. The zero-order valence-electron chi connectivity index (χ0n) is 9.15. The number of amides is 1. The van der Waals surface area contributed by atoms with E-state index in [-0.39, 0.29) is 5.91 Å². The van der Waals surface area contributed by atoms with E-state index in [0.29, 0.717) is 27.1 Å². The molecule has 2 aromatic rings. The van der Waals surface area contributed by atoms with Crippen molar-refractivity contribution in [3.63, 3.8) is 0 Å². The van der Waals surface area contributed by atoms with Gasteiger partial charge in [0.25, 0.3) is 5.91 Å². The van der Waals surface area contributed by atoms with Gasteiger partial charge in [-0.25, -0.2) is 4.98 Å². The summed E-state index contributed by atoms with van der Waals surface area (Å²) in [6.07, 6.45) is 1.46. The van der Waals surface area contributed by atoms with Gasteiger partial charge in [0.05, 0.1) is 11.9 Å². The van der Waals surface area contributed by atoms with E-state index in [1.807, 2.05) is 0 Å². The van der Waals surface area contributed by atoms with Crippen LogP contribution in [0.3, 0.4) is 0 Å². The molecular formula is C12H9Cl2N3O. The van der Waals surface area contributed by atoms with Gasteiger partial charge in [-0.15, -0.1) is 0 Å². The number of carbonyl (C=O) groups excluding carboxylic acids is 1. The van der Waals surface area contributed by atoms with Crippen LogP contribution in [0.15, 0.2) is 36.5 Å². The lowest BCUT2D eigenvalue weighted by molar-refractivity contribution is 0.102. The molecule has 0 saturated heterocycles. The van der Waals surface area contributed by atoms with E-state index in [9.17, 15) is 4.79 Å². The molecule has 0 saturated carbocycles. The predicted octanol–water partition coefficient (Wildman–Crippen LogP) is 3.22. The first-order chi connectivity index (χ1) is 8.54. The summed E-state index contributed by atoms with van der Waals surface area (Å²) in [7, 11) is 0. The van der Waals surface area contributed by atoms with Crippen molar-refractivity contribution in [2.75, 3.05) is 11.1 Å². The van der Waals surface area contributed by atoms with Crippen LogP contribution in [-0.2, 0) is 0 Å². The molecule has 4 nitrogen and oxygen atoms in total. The van der Waals surface area contributed by atoms with Crippen molar-refractivity contribution in [2.45, 2.75) is 0 Å². The summed E-state index contributed by atoms with van der Waals surface area (Å²) >= 11 is 11.6. The average Bonchev–Trinajstić information content (AvgIpc) is 2.31. The number of carbonyl (C=O) groups is 1. The van der Waals surface area contributed by atoms with Crippen molar-refractivity contribution >= 4 is 40.6 Å². The van der Waals surface area contributed by atoms with E-state index in [2.05, 4.69) is 10.3 Å². The molecule has 0 aliphatic rings. The Morgan fingerprint density at radius 1 is 1.17 bits per heavy atom. The molecule has 0 aliphatic heterocycles. The van der Waals surface area contributed by atoms with Gasteiger partial charge < -0.3 is 11.1 Å². The fourth-order valence-electron chi connectivity index (χ4n) is 1.35. The number of nitrogens with one attached hydrogen (secondary N) is 1. The molecule has 1 aromatic heterocycles. The fraction of sp³-hybridized carbons (Fsp3) is 0. The number of nitrogens with zero attached hydrogens (tertiary/aromatic N) is 1. The second-order valence-corrected chi connectivity index (χ2v) is 4.46. The maximum absolute atomic E-state index is 11.9. The Labute approximate surface area is 114 Å². The molecule has 6 heteroatoms. The lowest BCUT2D eigenvalue weighted by Crippen LogP contribution is -2.12. The highest BCUT2D eigenvalue weighted by molar-refractivity contribution is 6.35. The highest BCUT2D eigenvalue weighted by atomic mass is 35.5. The number of rotatable bonds is 2. The second-order valence-electron chi connectivity index (χ2n) is 3.59. The van der Waals surface area contributed by atoms with E-state index < -0.39 is 0 Å². The van der Waals surface area contributed by atoms with Crippen molar-refractivity contribution in [1.29, 1.82) is 0 Å². The number of hydrogen-bond donors (Lipinski definition) is 2. The topological polar surface area (TPSA) is 68.0 Å². The minimum absolute atomic E-state index is 0.336. The smallest absolute Gasteiger partial charge is 0.256 e. The Hall–Kier alpha value is -1.78. The third kappa shape index (κ3) is 3.12. The zero-order valence-corrected chi connectivity index (χ0v) is 10.7. The molecule has 0 fully saturated rings. The number of pyridine rings is 1. The minimum Gasteiger partial charge on any atom is -0.397 e. The van der Waals surface area contributed by atoms with E-state index in [4.69, 9.17) is 28.9 Å². The van der Waals surface area contributed by atoms with Crippen LogP contribution in [0.25, 0.3) is 0 Å². The van der Waals surface area contributed by atoms with Gasteiger partial charge in [0.2, 0.25) is 0 Å². The highest BCUT2D eigenvalue weighted by Crippen LogP contribution is 2.19. The van der Waals surface area contributed by atoms with Crippen molar-refractivity contribution in [3.8, 4) is 0 Å². The maximum Gasteiger partial charge on any atom is 0.256 e. The van der Waals surface area contributed by atoms with Gasteiger partial charge in [-0.1, -0.05) is 23.2 Å². The number of benzene rings is 1. The monoisotopic (exact) mass is 281 g/mol. The maximum atomic E-state index is 11.9. The van der Waals surface area contributed by atoms with Gasteiger partial charge >= 0.3 is 0 Å². The van der Waals surface area contributed by atoms with Crippen molar-refractivity contribution in [1.82, 2.24) is 4.98 Å². The van der Waals surface area contributed by atoms with Crippen molar-refractivity contribution in [2.24, 2.45) is 0 Å². The van der Waals surface area contributed by atoms with E-state index in [1.165, 1.54) is 18.3 Å². The number of aromatic nitrogens is 1. The Morgan fingerprint density at radius 2 is 1.83 bits per heavy atom. The number of nitrogen functional groups attached to an aromatic ring is 1. The molecule has 3 N–H and O–H groups in total. The molecule has 0 unspecified atom stereocenters. The normalized spacial score (nSPS) is 10.1. The van der Waals surface area contributed by atoms with Crippen LogP contribution in [0, 0.1) is 0 Å². The molecule has 1 heterocycles. The molecule has 92 valence electrons. The largest absolute Gasteiger partial charge is 0.397 e. The van der Waals surface area contributed by atoms with E-state index in [0.717, 1.165) is 0 Å². The highest BCUT2D eigenvalue weighted by Gasteiger charge is 2.08. The van der Waals surface area contributed by atoms with Gasteiger partial charge in [-0.05, 0) is 30.3 Å².